The van der Waals surface area contributed by atoms with Gasteiger partial charge in [0, 0.05) is 23.1 Å². The highest BCUT2D eigenvalue weighted by atomic mass is 16.1. The maximum absolute atomic E-state index is 12.6. The number of hydrogen-bond acceptors (Lipinski definition) is 2. The van der Waals surface area contributed by atoms with Crippen LogP contribution in [0.4, 0.5) is 0 Å². The number of aliphatic imine (C=N–C) groups is 1. The highest BCUT2D eigenvalue weighted by molar-refractivity contribution is 6.29. The van der Waals surface area contributed by atoms with E-state index >= 15 is 0 Å². The second-order valence-electron chi connectivity index (χ2n) is 6.68. The van der Waals surface area contributed by atoms with Crippen molar-refractivity contribution in [2.45, 2.75) is 41.0 Å². The Kier molecular flexibility index (Phi) is 3.99. The summed E-state index contributed by atoms with van der Waals surface area (Å²) in [7, 11) is 0. The maximum Gasteiger partial charge on any atom is 0.211 e. The minimum Gasteiger partial charge on any atom is -0.287 e. The molecule has 1 aliphatic heterocycles. The lowest BCUT2D eigenvalue weighted by atomic mass is 9.89. The topological polar surface area (TPSA) is 29.4 Å². The number of aryl methyl sites for hydroxylation is 2. The fourth-order valence-corrected chi connectivity index (χ4v) is 2.61. The number of hydrogen-bond donors (Lipinski definition) is 0. The van der Waals surface area contributed by atoms with Gasteiger partial charge in [0.1, 0.15) is 5.70 Å². The zero-order valence-electron chi connectivity index (χ0n) is 13.6. The molecular weight excluding hydrogens is 258 g/mol. The molecule has 0 spiro atoms. The fourth-order valence-electron chi connectivity index (χ4n) is 2.61. The Hall–Kier alpha value is -1.96. The van der Waals surface area contributed by atoms with Crippen LogP contribution in [0.5, 0.6) is 0 Å². The van der Waals surface area contributed by atoms with Crippen molar-refractivity contribution in [3.63, 3.8) is 0 Å². The zero-order chi connectivity index (χ0) is 15.8. The van der Waals surface area contributed by atoms with E-state index in [2.05, 4.69) is 32.3 Å². The molecule has 1 aromatic carbocycles. The van der Waals surface area contributed by atoms with E-state index in [4.69, 9.17) is 0 Å². The lowest BCUT2D eigenvalue weighted by molar-refractivity contribution is -0.110. The van der Waals surface area contributed by atoms with E-state index in [1.807, 2.05) is 38.1 Å². The number of carbonyl (C=O) groups is 1. The molecule has 0 unspecified atom stereocenters. The van der Waals surface area contributed by atoms with Crippen LogP contribution in [0.15, 0.2) is 41.5 Å². The molecule has 1 aliphatic rings. The van der Waals surface area contributed by atoms with Crippen LogP contribution in [0, 0.1) is 19.3 Å². The van der Waals surface area contributed by atoms with Crippen molar-refractivity contribution in [1.29, 1.82) is 0 Å². The molecule has 1 heterocycles. The van der Waals surface area contributed by atoms with Gasteiger partial charge in [-0.3, -0.25) is 9.79 Å². The third kappa shape index (κ3) is 3.05. The summed E-state index contributed by atoms with van der Waals surface area (Å²) in [6, 6.07) is 6.01. The number of benzene rings is 1. The summed E-state index contributed by atoms with van der Waals surface area (Å²) in [4.78, 5) is 17.2. The molecule has 0 atom stereocenters. The molecule has 110 valence electrons. The SMILES string of the molecule is C=C(C(=O)C1=CCC(C(C)(C)C)=N1)c1c(C)cccc1C. The average Bonchev–Trinajstić information content (AvgIpc) is 2.86. The summed E-state index contributed by atoms with van der Waals surface area (Å²) >= 11 is 0. The van der Waals surface area contributed by atoms with Crippen LogP contribution < -0.4 is 0 Å². The molecule has 21 heavy (non-hydrogen) atoms. The van der Waals surface area contributed by atoms with Gasteiger partial charge in [-0.2, -0.15) is 0 Å². The van der Waals surface area contributed by atoms with E-state index in [1.165, 1.54) is 0 Å². The lowest BCUT2D eigenvalue weighted by Crippen LogP contribution is -2.18. The van der Waals surface area contributed by atoms with Crippen LogP contribution in [0.3, 0.4) is 0 Å². The van der Waals surface area contributed by atoms with Gasteiger partial charge in [0.05, 0.1) is 0 Å². The summed E-state index contributed by atoms with van der Waals surface area (Å²) in [6.45, 7) is 14.4. The third-order valence-corrected chi connectivity index (χ3v) is 3.90. The van der Waals surface area contributed by atoms with E-state index in [9.17, 15) is 4.79 Å². The Morgan fingerprint density at radius 2 is 1.76 bits per heavy atom. The van der Waals surface area contributed by atoms with E-state index in [0.29, 0.717) is 11.3 Å². The van der Waals surface area contributed by atoms with Crippen LogP contribution in [0.1, 0.15) is 43.9 Å². The van der Waals surface area contributed by atoms with E-state index < -0.39 is 0 Å². The highest BCUT2D eigenvalue weighted by Crippen LogP contribution is 2.29. The number of allylic oxidation sites excluding steroid dienone is 2. The quantitative estimate of drug-likeness (QED) is 0.741. The molecule has 0 aromatic heterocycles. The number of carbonyl (C=O) groups excluding carboxylic acids is 1. The first kappa shape index (κ1) is 15.4. The van der Waals surface area contributed by atoms with Gasteiger partial charge < -0.3 is 0 Å². The van der Waals surface area contributed by atoms with Crippen LogP contribution in [0.25, 0.3) is 5.57 Å². The molecule has 2 heteroatoms. The second kappa shape index (κ2) is 5.44. The molecule has 0 N–H and O–H groups in total. The van der Waals surface area contributed by atoms with Crippen molar-refractivity contribution in [3.05, 3.63) is 53.2 Å². The molecule has 2 nitrogen and oxygen atoms in total. The highest BCUT2D eigenvalue weighted by Gasteiger charge is 2.26. The minimum atomic E-state index is -0.0633. The molecule has 0 saturated carbocycles. The number of ketones is 1. The molecule has 0 amide bonds. The summed E-state index contributed by atoms with van der Waals surface area (Å²) < 4.78 is 0. The molecule has 0 aliphatic carbocycles. The Bertz CT molecular complexity index is 649. The molecule has 1 aromatic rings. The van der Waals surface area contributed by atoms with Crippen LogP contribution in [0.2, 0.25) is 0 Å². The fraction of sp³-hybridized carbons (Fsp3) is 0.368. The summed E-state index contributed by atoms with van der Waals surface area (Å²) in [6.07, 6.45) is 2.67. The smallest absolute Gasteiger partial charge is 0.211 e. The first-order valence-corrected chi connectivity index (χ1v) is 7.30. The van der Waals surface area contributed by atoms with E-state index in [-0.39, 0.29) is 11.2 Å². The third-order valence-electron chi connectivity index (χ3n) is 3.90. The molecule has 0 saturated heterocycles. The molecule has 0 radical (unpaired) electrons. The van der Waals surface area contributed by atoms with Crippen LogP contribution >= 0.6 is 0 Å². The lowest BCUT2D eigenvalue weighted by Gasteiger charge is -2.18. The van der Waals surface area contributed by atoms with Crippen molar-refractivity contribution in [2.75, 3.05) is 0 Å². The van der Waals surface area contributed by atoms with Gasteiger partial charge in [0.2, 0.25) is 5.78 Å². The first-order valence-electron chi connectivity index (χ1n) is 7.30. The van der Waals surface area contributed by atoms with Gasteiger partial charge >= 0.3 is 0 Å². The van der Waals surface area contributed by atoms with Gasteiger partial charge in [-0.25, -0.2) is 0 Å². The first-order chi connectivity index (χ1) is 9.71. The molecular formula is C19H23NO. The summed E-state index contributed by atoms with van der Waals surface area (Å²) in [5.41, 5.74) is 5.23. The standard InChI is InChI=1S/C19H23NO/c1-12-8-7-9-13(2)17(12)14(3)18(21)15-10-11-16(20-15)19(4,5)6/h7-10H,3,11H2,1-2,4-6H3. The normalized spacial score (nSPS) is 14.7. The number of nitrogens with zero attached hydrogens (tertiary/aromatic N) is 1. The van der Waals surface area contributed by atoms with Crippen molar-refractivity contribution in [1.82, 2.24) is 0 Å². The van der Waals surface area contributed by atoms with Crippen molar-refractivity contribution >= 4 is 17.1 Å². The number of rotatable bonds is 3. The Balaban J connectivity index is 2.30. The predicted molar refractivity (Wildman–Crippen MR) is 89.5 cm³/mol. The van der Waals surface area contributed by atoms with Gasteiger partial charge in [0.25, 0.3) is 0 Å². The van der Waals surface area contributed by atoms with Crippen molar-refractivity contribution in [3.8, 4) is 0 Å². The summed E-state index contributed by atoms with van der Waals surface area (Å²) in [5.74, 6) is -0.0633. The minimum absolute atomic E-state index is 0.00154. The van der Waals surface area contributed by atoms with Crippen molar-refractivity contribution in [2.24, 2.45) is 10.4 Å². The average molecular weight is 281 g/mol. The van der Waals surface area contributed by atoms with Crippen LogP contribution in [-0.2, 0) is 4.79 Å². The molecule has 0 bridgehead atoms. The monoisotopic (exact) mass is 281 g/mol. The van der Waals surface area contributed by atoms with Crippen LogP contribution in [-0.4, -0.2) is 11.5 Å². The number of Topliss-reactive ketones (excluding diaryl/α,β-unsaturated/α-hetero) is 1. The van der Waals surface area contributed by atoms with Gasteiger partial charge in [-0.1, -0.05) is 45.5 Å². The molecule has 2 rings (SSSR count). The van der Waals surface area contributed by atoms with Crippen molar-refractivity contribution < 1.29 is 4.79 Å². The maximum atomic E-state index is 12.6. The Labute approximate surface area is 127 Å². The van der Waals surface area contributed by atoms with Gasteiger partial charge in [-0.05, 0) is 36.6 Å². The van der Waals surface area contributed by atoms with E-state index in [1.54, 1.807) is 0 Å². The Morgan fingerprint density at radius 3 is 2.24 bits per heavy atom. The predicted octanol–water partition coefficient (Wildman–Crippen LogP) is 4.66. The second-order valence-corrected chi connectivity index (χ2v) is 6.68. The van der Waals surface area contributed by atoms with Gasteiger partial charge in [-0.15, -0.1) is 0 Å². The Morgan fingerprint density at radius 1 is 1.19 bits per heavy atom. The molecule has 0 fully saturated rings. The van der Waals surface area contributed by atoms with E-state index in [0.717, 1.165) is 28.8 Å². The summed E-state index contributed by atoms with van der Waals surface area (Å²) in [5, 5.41) is 0. The zero-order valence-corrected chi connectivity index (χ0v) is 13.6. The largest absolute Gasteiger partial charge is 0.287 e. The van der Waals surface area contributed by atoms with Gasteiger partial charge in [0.15, 0.2) is 0 Å².